The lowest BCUT2D eigenvalue weighted by atomic mass is 9.74. The fourth-order valence-corrected chi connectivity index (χ4v) is 6.33. The fraction of sp³-hybridized carbons (Fsp3) is 0.750. The van der Waals surface area contributed by atoms with Gasteiger partial charge in [-0.1, -0.05) is 43.7 Å². The molecule has 3 atom stereocenters. The Labute approximate surface area is 221 Å². The summed E-state index contributed by atoms with van der Waals surface area (Å²) in [5.41, 5.74) is -0.784. The molecule has 1 aromatic carbocycles. The molecule has 1 aliphatic heterocycles. The van der Waals surface area contributed by atoms with Crippen LogP contribution in [0.4, 0.5) is 9.18 Å². The Kier molecular flexibility index (Phi) is 11.7. The number of halogens is 2. The number of carbonyl (C=O) groups excluding carboxylic acids is 1. The van der Waals surface area contributed by atoms with Crippen LogP contribution in [-0.4, -0.2) is 62.5 Å². The number of hydrogen-bond donors (Lipinski definition) is 3. The summed E-state index contributed by atoms with van der Waals surface area (Å²) < 4.78 is 19.5. The van der Waals surface area contributed by atoms with Crippen LogP contribution in [0.5, 0.6) is 0 Å². The van der Waals surface area contributed by atoms with Gasteiger partial charge in [0, 0.05) is 50.3 Å². The van der Waals surface area contributed by atoms with E-state index in [1.165, 1.54) is 44.2 Å². The van der Waals surface area contributed by atoms with Gasteiger partial charge in [-0.2, -0.15) is 0 Å². The number of likely N-dealkylation sites (tertiary alicyclic amines) is 1. The van der Waals surface area contributed by atoms with Crippen molar-refractivity contribution in [2.45, 2.75) is 82.3 Å². The predicted octanol–water partition coefficient (Wildman–Crippen LogP) is 5.46. The van der Waals surface area contributed by atoms with E-state index in [0.717, 1.165) is 38.6 Å². The zero-order valence-corrected chi connectivity index (χ0v) is 22.8. The smallest absolute Gasteiger partial charge is 0.317 e. The van der Waals surface area contributed by atoms with Crippen molar-refractivity contribution in [3.05, 3.63) is 34.6 Å². The molecule has 2 fully saturated rings. The Bertz CT molecular complexity index is 803. The molecule has 0 spiro atoms. The number of urea groups is 1. The average molecular weight is 526 g/mol. The van der Waals surface area contributed by atoms with E-state index in [9.17, 15) is 14.3 Å². The molecular formula is C28H45ClFN3O3. The van der Waals surface area contributed by atoms with Crippen molar-refractivity contribution in [2.24, 2.45) is 11.8 Å². The molecule has 204 valence electrons. The summed E-state index contributed by atoms with van der Waals surface area (Å²) in [6, 6.07) is 4.31. The third-order valence-electron chi connectivity index (χ3n) is 8.02. The van der Waals surface area contributed by atoms with Crippen LogP contribution < -0.4 is 10.6 Å². The standard InChI is InChI=1S/C28H45ClFN3O3/c1-31-19-26(15-21-9-4-3-5-10-21)32-27(34)33-13-8-11-22(20-33)28(35,12-6-7-14-36-2)23-16-24(29)18-25(30)17-23/h16-18,21-22,26,31,35H,3-15,19-20H2,1-2H3,(H,32,34)/t22-,26?,28+/m1/s1. The van der Waals surface area contributed by atoms with Gasteiger partial charge in [-0.05, 0) is 75.3 Å². The average Bonchev–Trinajstić information content (AvgIpc) is 2.87. The van der Waals surface area contributed by atoms with E-state index in [-0.39, 0.29) is 23.0 Å². The molecule has 2 amide bonds. The maximum absolute atomic E-state index is 14.3. The highest BCUT2D eigenvalue weighted by Gasteiger charge is 2.41. The molecule has 1 aromatic rings. The zero-order chi connectivity index (χ0) is 26.0. The Morgan fingerprint density at radius 3 is 2.69 bits per heavy atom. The number of ether oxygens (including phenoxy) is 1. The van der Waals surface area contributed by atoms with Gasteiger partial charge in [-0.15, -0.1) is 0 Å². The molecule has 3 N–H and O–H groups in total. The van der Waals surface area contributed by atoms with Gasteiger partial charge in [-0.25, -0.2) is 9.18 Å². The molecule has 36 heavy (non-hydrogen) atoms. The summed E-state index contributed by atoms with van der Waals surface area (Å²) in [7, 11) is 3.58. The molecule has 1 saturated heterocycles. The molecule has 3 rings (SSSR count). The van der Waals surface area contributed by atoms with Crippen LogP contribution in [0.25, 0.3) is 0 Å². The third kappa shape index (κ3) is 8.30. The first-order valence-electron chi connectivity index (χ1n) is 13.7. The number of hydrogen-bond acceptors (Lipinski definition) is 4. The van der Waals surface area contributed by atoms with Crippen molar-refractivity contribution in [1.82, 2.24) is 15.5 Å². The zero-order valence-electron chi connectivity index (χ0n) is 22.0. The van der Waals surface area contributed by atoms with Crippen LogP contribution in [0, 0.1) is 17.7 Å². The predicted molar refractivity (Wildman–Crippen MR) is 143 cm³/mol. The molecule has 2 aliphatic rings. The maximum atomic E-state index is 14.3. The van der Waals surface area contributed by atoms with Crippen LogP contribution >= 0.6 is 11.6 Å². The van der Waals surface area contributed by atoms with E-state index < -0.39 is 11.4 Å². The lowest BCUT2D eigenvalue weighted by Crippen LogP contribution is -2.54. The van der Waals surface area contributed by atoms with E-state index in [2.05, 4.69) is 10.6 Å². The molecule has 0 aromatic heterocycles. The molecule has 1 saturated carbocycles. The number of aliphatic hydroxyl groups is 1. The first kappa shape index (κ1) is 29.2. The number of rotatable bonds is 12. The van der Waals surface area contributed by atoms with Crippen LogP contribution in [0.1, 0.15) is 76.2 Å². The van der Waals surface area contributed by atoms with E-state index in [1.54, 1.807) is 13.2 Å². The third-order valence-corrected chi connectivity index (χ3v) is 8.24. The number of benzene rings is 1. The minimum Gasteiger partial charge on any atom is -0.385 e. The number of nitrogens with one attached hydrogen (secondary N) is 2. The number of nitrogens with zero attached hydrogens (tertiary/aromatic N) is 1. The molecule has 1 aliphatic carbocycles. The second kappa shape index (κ2) is 14.5. The number of likely N-dealkylation sites (N-methyl/N-ethyl adjacent to an activating group) is 1. The topological polar surface area (TPSA) is 73.8 Å². The van der Waals surface area contributed by atoms with Crippen molar-refractivity contribution in [2.75, 3.05) is 40.4 Å². The van der Waals surface area contributed by atoms with Gasteiger partial charge in [0.2, 0.25) is 0 Å². The minimum absolute atomic E-state index is 0.0743. The van der Waals surface area contributed by atoms with Crippen LogP contribution in [-0.2, 0) is 10.3 Å². The van der Waals surface area contributed by atoms with E-state index in [4.69, 9.17) is 16.3 Å². The maximum Gasteiger partial charge on any atom is 0.317 e. The Morgan fingerprint density at radius 1 is 1.22 bits per heavy atom. The van der Waals surface area contributed by atoms with Crippen LogP contribution in [0.3, 0.4) is 0 Å². The Hall–Kier alpha value is -1.41. The fourth-order valence-electron chi connectivity index (χ4n) is 6.11. The second-order valence-electron chi connectivity index (χ2n) is 10.8. The molecule has 8 heteroatoms. The minimum atomic E-state index is -1.27. The van der Waals surface area contributed by atoms with Gasteiger partial charge in [-0.3, -0.25) is 0 Å². The molecule has 6 nitrogen and oxygen atoms in total. The molecule has 0 bridgehead atoms. The van der Waals surface area contributed by atoms with Crippen molar-refractivity contribution in [3.8, 4) is 0 Å². The summed E-state index contributed by atoms with van der Waals surface area (Å²) >= 11 is 6.17. The van der Waals surface area contributed by atoms with Crippen molar-refractivity contribution >= 4 is 17.6 Å². The first-order chi connectivity index (χ1) is 17.4. The number of amides is 2. The monoisotopic (exact) mass is 525 g/mol. The quantitative estimate of drug-likeness (QED) is 0.317. The van der Waals surface area contributed by atoms with Gasteiger partial charge >= 0.3 is 6.03 Å². The van der Waals surface area contributed by atoms with Crippen LogP contribution in [0.15, 0.2) is 18.2 Å². The van der Waals surface area contributed by atoms with Crippen molar-refractivity contribution in [3.63, 3.8) is 0 Å². The van der Waals surface area contributed by atoms with Crippen LogP contribution in [0.2, 0.25) is 5.02 Å². The molecule has 1 heterocycles. The summed E-state index contributed by atoms with van der Waals surface area (Å²) in [6.45, 7) is 2.43. The number of piperidine rings is 1. The molecule has 0 radical (unpaired) electrons. The van der Waals surface area contributed by atoms with Crippen molar-refractivity contribution in [1.29, 1.82) is 0 Å². The molecular weight excluding hydrogens is 481 g/mol. The van der Waals surface area contributed by atoms with Gasteiger partial charge in [0.05, 0.1) is 5.60 Å². The van der Waals surface area contributed by atoms with Gasteiger partial charge in [0.15, 0.2) is 0 Å². The summed E-state index contributed by atoms with van der Waals surface area (Å²) in [5, 5.41) is 18.8. The lowest BCUT2D eigenvalue weighted by Gasteiger charge is -2.43. The van der Waals surface area contributed by atoms with Crippen molar-refractivity contribution < 1.29 is 19.0 Å². The largest absolute Gasteiger partial charge is 0.385 e. The highest BCUT2D eigenvalue weighted by Crippen LogP contribution is 2.41. The summed E-state index contributed by atoms with van der Waals surface area (Å²) in [5.74, 6) is -0.00391. The summed E-state index contributed by atoms with van der Waals surface area (Å²) in [4.78, 5) is 15.2. The normalized spacial score (nSPS) is 21.7. The van der Waals surface area contributed by atoms with Gasteiger partial charge < -0.3 is 25.4 Å². The lowest BCUT2D eigenvalue weighted by molar-refractivity contribution is -0.0565. The highest BCUT2D eigenvalue weighted by atomic mass is 35.5. The Morgan fingerprint density at radius 2 is 2.00 bits per heavy atom. The second-order valence-corrected chi connectivity index (χ2v) is 11.2. The van der Waals surface area contributed by atoms with Gasteiger partial charge in [0.25, 0.3) is 0 Å². The Balaban J connectivity index is 1.71. The van der Waals surface area contributed by atoms with E-state index >= 15 is 0 Å². The molecule has 1 unspecified atom stereocenters. The van der Waals surface area contributed by atoms with E-state index in [1.807, 2.05) is 11.9 Å². The SMILES string of the molecule is CNCC(CC1CCCCC1)NC(=O)N1CCC[C@@H]([C@@](O)(CCCCOC)c2cc(F)cc(Cl)c2)C1. The first-order valence-corrected chi connectivity index (χ1v) is 14.1. The highest BCUT2D eigenvalue weighted by molar-refractivity contribution is 6.30. The number of methoxy groups -OCH3 is 1. The number of unbranched alkanes of at least 4 members (excludes halogenated alkanes) is 1. The number of carbonyl (C=O) groups is 1. The summed E-state index contributed by atoms with van der Waals surface area (Å²) in [6.07, 6.45) is 10.9. The van der Waals surface area contributed by atoms with E-state index in [0.29, 0.717) is 37.6 Å². The van der Waals surface area contributed by atoms with Gasteiger partial charge in [0.1, 0.15) is 5.82 Å².